The molecule has 0 saturated carbocycles. The van der Waals surface area contributed by atoms with Gasteiger partial charge in [0.2, 0.25) is 0 Å². The van der Waals surface area contributed by atoms with Crippen molar-refractivity contribution >= 4 is 0 Å². The summed E-state index contributed by atoms with van der Waals surface area (Å²) in [5.74, 6) is 0. The number of rotatable bonds is 0. The van der Waals surface area contributed by atoms with E-state index in [4.69, 9.17) is 4.74 Å². The highest BCUT2D eigenvalue weighted by molar-refractivity contribution is 4.90. The van der Waals surface area contributed by atoms with Crippen LogP contribution in [0.25, 0.3) is 0 Å². The Labute approximate surface area is 61.3 Å². The molecule has 0 bridgehead atoms. The third-order valence-electron chi connectivity index (χ3n) is 2.47. The topological polar surface area (TPSA) is 24.5 Å². The molecule has 1 N–H and O–H groups in total. The minimum Gasteiger partial charge on any atom is -0.374 e. The SMILES string of the molecule is CN1CCO[C@H]2CNC[C@@H]21. The van der Waals surface area contributed by atoms with E-state index in [9.17, 15) is 0 Å². The second-order valence-corrected chi connectivity index (χ2v) is 3.12. The average Bonchev–Trinajstić information content (AvgIpc) is 2.36. The van der Waals surface area contributed by atoms with Crippen molar-refractivity contribution < 1.29 is 4.74 Å². The zero-order chi connectivity index (χ0) is 6.97. The summed E-state index contributed by atoms with van der Waals surface area (Å²) in [4.78, 5) is 2.38. The van der Waals surface area contributed by atoms with Crippen LogP contribution >= 0.6 is 0 Å². The van der Waals surface area contributed by atoms with Crippen molar-refractivity contribution in [2.45, 2.75) is 12.1 Å². The lowest BCUT2D eigenvalue weighted by Gasteiger charge is -2.33. The predicted octanol–water partition coefficient (Wildman–Crippen LogP) is -0.711. The summed E-state index contributed by atoms with van der Waals surface area (Å²) in [5, 5.41) is 3.33. The van der Waals surface area contributed by atoms with E-state index in [-0.39, 0.29) is 0 Å². The van der Waals surface area contributed by atoms with E-state index in [2.05, 4.69) is 17.3 Å². The Morgan fingerprint density at radius 3 is 3.20 bits per heavy atom. The number of nitrogens with zero attached hydrogens (tertiary/aromatic N) is 1. The molecule has 0 unspecified atom stereocenters. The lowest BCUT2D eigenvalue weighted by atomic mass is 10.1. The number of morpholine rings is 1. The van der Waals surface area contributed by atoms with Crippen LogP contribution in [-0.4, -0.2) is 50.3 Å². The molecule has 0 aliphatic carbocycles. The summed E-state index contributed by atoms with van der Waals surface area (Å²) in [5.41, 5.74) is 0. The van der Waals surface area contributed by atoms with Crippen molar-refractivity contribution in [1.82, 2.24) is 10.2 Å². The monoisotopic (exact) mass is 142 g/mol. The van der Waals surface area contributed by atoms with Gasteiger partial charge in [0.1, 0.15) is 0 Å². The summed E-state index contributed by atoms with van der Waals surface area (Å²) < 4.78 is 5.57. The van der Waals surface area contributed by atoms with Gasteiger partial charge in [-0.05, 0) is 7.05 Å². The quantitative estimate of drug-likeness (QED) is 0.483. The van der Waals surface area contributed by atoms with Gasteiger partial charge in [-0.2, -0.15) is 0 Å². The number of likely N-dealkylation sites (N-methyl/N-ethyl adjacent to an activating group) is 1. The third-order valence-corrected chi connectivity index (χ3v) is 2.47. The van der Waals surface area contributed by atoms with Crippen molar-refractivity contribution in [3.8, 4) is 0 Å². The highest BCUT2D eigenvalue weighted by Crippen LogP contribution is 2.14. The number of fused-ring (bicyclic) bond motifs is 1. The highest BCUT2D eigenvalue weighted by atomic mass is 16.5. The average molecular weight is 142 g/mol. The third kappa shape index (κ3) is 0.944. The van der Waals surface area contributed by atoms with Gasteiger partial charge < -0.3 is 10.1 Å². The molecule has 0 radical (unpaired) electrons. The fraction of sp³-hybridized carbons (Fsp3) is 1.00. The molecule has 0 aromatic rings. The molecular weight excluding hydrogens is 128 g/mol. The van der Waals surface area contributed by atoms with E-state index in [1.54, 1.807) is 0 Å². The summed E-state index contributed by atoms with van der Waals surface area (Å²) in [6.07, 6.45) is 0.457. The lowest BCUT2D eigenvalue weighted by Crippen LogP contribution is -2.48. The zero-order valence-electron chi connectivity index (χ0n) is 6.34. The van der Waals surface area contributed by atoms with Crippen molar-refractivity contribution in [2.24, 2.45) is 0 Å². The molecule has 2 heterocycles. The van der Waals surface area contributed by atoms with Gasteiger partial charge in [-0.3, -0.25) is 4.90 Å². The Bertz CT molecular complexity index is 129. The van der Waals surface area contributed by atoms with Crippen LogP contribution < -0.4 is 5.32 Å². The minimum atomic E-state index is 0.457. The Kier molecular flexibility index (Phi) is 1.64. The van der Waals surface area contributed by atoms with Gasteiger partial charge in [-0.15, -0.1) is 0 Å². The van der Waals surface area contributed by atoms with E-state index >= 15 is 0 Å². The van der Waals surface area contributed by atoms with Gasteiger partial charge in [0.15, 0.2) is 0 Å². The van der Waals surface area contributed by atoms with Crippen molar-refractivity contribution in [1.29, 1.82) is 0 Å². The largest absolute Gasteiger partial charge is 0.374 e. The van der Waals surface area contributed by atoms with E-state index in [0.29, 0.717) is 12.1 Å². The molecule has 2 rings (SSSR count). The smallest absolute Gasteiger partial charge is 0.0867 e. The van der Waals surface area contributed by atoms with Gasteiger partial charge in [0.25, 0.3) is 0 Å². The molecule has 2 atom stereocenters. The number of hydrogen-bond acceptors (Lipinski definition) is 3. The Balaban J connectivity index is 2.03. The van der Waals surface area contributed by atoms with Gasteiger partial charge in [0.05, 0.1) is 12.7 Å². The number of nitrogens with one attached hydrogen (secondary N) is 1. The fourth-order valence-electron chi connectivity index (χ4n) is 1.76. The molecule has 2 saturated heterocycles. The maximum absolute atomic E-state index is 5.57. The second-order valence-electron chi connectivity index (χ2n) is 3.12. The molecule has 10 heavy (non-hydrogen) atoms. The van der Waals surface area contributed by atoms with Crippen molar-refractivity contribution in [3.63, 3.8) is 0 Å². The predicted molar refractivity (Wildman–Crippen MR) is 39.0 cm³/mol. The van der Waals surface area contributed by atoms with E-state index in [1.165, 1.54) is 0 Å². The Morgan fingerprint density at radius 1 is 1.50 bits per heavy atom. The first-order chi connectivity index (χ1) is 4.88. The van der Waals surface area contributed by atoms with Crippen LogP contribution in [0.4, 0.5) is 0 Å². The number of ether oxygens (including phenoxy) is 1. The molecule has 0 aromatic heterocycles. The normalized spacial score (nSPS) is 41.7. The maximum Gasteiger partial charge on any atom is 0.0867 e. The van der Waals surface area contributed by atoms with Crippen LogP contribution in [0.3, 0.4) is 0 Å². The molecule has 58 valence electrons. The summed E-state index contributed by atoms with van der Waals surface area (Å²) in [6, 6.07) is 0.633. The molecule has 0 amide bonds. The molecule has 0 aromatic carbocycles. The van der Waals surface area contributed by atoms with Crippen molar-refractivity contribution in [2.75, 3.05) is 33.3 Å². The van der Waals surface area contributed by atoms with Crippen LogP contribution in [0.1, 0.15) is 0 Å². The first-order valence-corrected chi connectivity index (χ1v) is 3.90. The lowest BCUT2D eigenvalue weighted by molar-refractivity contribution is -0.0363. The second kappa shape index (κ2) is 2.49. The van der Waals surface area contributed by atoms with Crippen molar-refractivity contribution in [3.05, 3.63) is 0 Å². The van der Waals surface area contributed by atoms with E-state index < -0.39 is 0 Å². The maximum atomic E-state index is 5.57. The molecule has 0 spiro atoms. The number of hydrogen-bond donors (Lipinski definition) is 1. The van der Waals surface area contributed by atoms with Crippen LogP contribution in [-0.2, 0) is 4.74 Å². The van der Waals surface area contributed by atoms with Gasteiger partial charge in [0, 0.05) is 25.7 Å². The fourth-order valence-corrected chi connectivity index (χ4v) is 1.76. The molecule has 3 nitrogen and oxygen atoms in total. The summed E-state index contributed by atoms with van der Waals surface area (Å²) in [7, 11) is 2.17. The van der Waals surface area contributed by atoms with Gasteiger partial charge in [-0.25, -0.2) is 0 Å². The van der Waals surface area contributed by atoms with E-state index in [1.807, 2.05) is 0 Å². The molecule has 2 fully saturated rings. The Hall–Kier alpha value is -0.120. The minimum absolute atomic E-state index is 0.457. The van der Waals surface area contributed by atoms with E-state index in [0.717, 1.165) is 26.2 Å². The Morgan fingerprint density at radius 2 is 2.40 bits per heavy atom. The summed E-state index contributed by atoms with van der Waals surface area (Å²) in [6.45, 7) is 4.12. The van der Waals surface area contributed by atoms with Gasteiger partial charge >= 0.3 is 0 Å². The first-order valence-electron chi connectivity index (χ1n) is 3.90. The first kappa shape index (κ1) is 6.58. The van der Waals surface area contributed by atoms with Crippen LogP contribution in [0.15, 0.2) is 0 Å². The zero-order valence-corrected chi connectivity index (χ0v) is 6.34. The van der Waals surface area contributed by atoms with Crippen LogP contribution in [0.2, 0.25) is 0 Å². The molecule has 2 aliphatic heterocycles. The van der Waals surface area contributed by atoms with Gasteiger partial charge in [-0.1, -0.05) is 0 Å². The molecule has 2 aliphatic rings. The van der Waals surface area contributed by atoms with Crippen LogP contribution in [0.5, 0.6) is 0 Å². The standard InChI is InChI=1S/C7H14N2O/c1-9-2-3-10-7-5-8-4-6(7)9/h6-8H,2-5H2,1H3/t6-,7-/m0/s1. The van der Waals surface area contributed by atoms with Crippen LogP contribution in [0, 0.1) is 0 Å². The molecule has 3 heteroatoms. The highest BCUT2D eigenvalue weighted by Gasteiger charge is 2.33. The summed E-state index contributed by atoms with van der Waals surface area (Å²) >= 11 is 0. The molecular formula is C7H14N2O.